The van der Waals surface area contributed by atoms with Gasteiger partial charge in [-0.2, -0.15) is 5.10 Å². The van der Waals surface area contributed by atoms with Crippen molar-refractivity contribution in [3.63, 3.8) is 0 Å². The van der Waals surface area contributed by atoms with Crippen molar-refractivity contribution in [1.29, 1.82) is 0 Å². The van der Waals surface area contributed by atoms with Crippen LogP contribution in [0.15, 0.2) is 77.5 Å². The molecule has 0 bridgehead atoms. The van der Waals surface area contributed by atoms with Crippen molar-refractivity contribution in [3.8, 4) is 11.4 Å². The van der Waals surface area contributed by atoms with Crippen LogP contribution in [0.4, 0.5) is 0 Å². The quantitative estimate of drug-likeness (QED) is 0.463. The van der Waals surface area contributed by atoms with E-state index in [2.05, 4.69) is 5.10 Å². The monoisotopic (exact) mass is 387 g/mol. The minimum Gasteiger partial charge on any atom is -0.493 e. The lowest BCUT2D eigenvalue weighted by atomic mass is 10.2. The van der Waals surface area contributed by atoms with E-state index in [1.54, 1.807) is 36.0 Å². The first-order valence-corrected chi connectivity index (χ1v) is 9.23. The van der Waals surface area contributed by atoms with Crippen molar-refractivity contribution in [3.05, 3.63) is 84.4 Å². The van der Waals surface area contributed by atoms with Crippen LogP contribution in [0, 0.1) is 0 Å². The Bertz CT molecular complexity index is 1160. The number of methoxy groups -OCH3 is 1. The molecule has 0 fully saturated rings. The number of benzene rings is 2. The molecule has 0 aliphatic carbocycles. The van der Waals surface area contributed by atoms with E-state index in [4.69, 9.17) is 9.15 Å². The van der Waals surface area contributed by atoms with Crippen LogP contribution in [0.3, 0.4) is 0 Å². The molecule has 4 aromatic rings. The fourth-order valence-electron chi connectivity index (χ4n) is 3.10. The van der Waals surface area contributed by atoms with Gasteiger partial charge < -0.3 is 14.1 Å². The lowest BCUT2D eigenvalue weighted by Gasteiger charge is -2.13. The normalized spacial score (nSPS) is 11.2. The van der Waals surface area contributed by atoms with Crippen molar-refractivity contribution in [2.45, 2.75) is 6.54 Å². The number of para-hydroxylation sites is 2. The van der Waals surface area contributed by atoms with Gasteiger partial charge in [-0.15, -0.1) is 0 Å². The largest absolute Gasteiger partial charge is 0.493 e. The first kappa shape index (κ1) is 18.6. The molecule has 4 rings (SSSR count). The molecular weight excluding hydrogens is 366 g/mol. The second-order valence-corrected chi connectivity index (χ2v) is 6.68. The lowest BCUT2D eigenvalue weighted by Crippen LogP contribution is -2.23. The van der Waals surface area contributed by atoms with E-state index in [0.29, 0.717) is 23.6 Å². The Kier molecular flexibility index (Phi) is 5.16. The number of hydrogen-bond acceptors (Lipinski definition) is 4. The summed E-state index contributed by atoms with van der Waals surface area (Å²) in [7, 11) is 3.36. The summed E-state index contributed by atoms with van der Waals surface area (Å²) in [5.41, 5.74) is 2.60. The topological polar surface area (TPSA) is 60.5 Å². The van der Waals surface area contributed by atoms with Crippen LogP contribution in [-0.2, 0) is 11.3 Å². The third-order valence-electron chi connectivity index (χ3n) is 4.59. The summed E-state index contributed by atoms with van der Waals surface area (Å²) in [6.07, 6.45) is 6.87. The summed E-state index contributed by atoms with van der Waals surface area (Å²) in [6.45, 7) is 0.462. The van der Waals surface area contributed by atoms with E-state index in [1.165, 1.54) is 6.08 Å². The molecule has 0 N–H and O–H groups in total. The second kappa shape index (κ2) is 8.06. The van der Waals surface area contributed by atoms with Crippen LogP contribution in [-0.4, -0.2) is 34.7 Å². The average molecular weight is 387 g/mol. The lowest BCUT2D eigenvalue weighted by molar-refractivity contribution is -0.125. The number of amides is 1. The summed E-state index contributed by atoms with van der Waals surface area (Å²) in [5, 5.41) is 5.30. The van der Waals surface area contributed by atoms with E-state index < -0.39 is 0 Å². The van der Waals surface area contributed by atoms with Gasteiger partial charge >= 0.3 is 0 Å². The SMILES string of the molecule is COc1cccc2cc(C=CC(=O)N(C)Cc3cnn(-c4ccccc4)c3)oc12. The molecule has 2 aromatic carbocycles. The molecule has 0 saturated carbocycles. The van der Waals surface area contributed by atoms with Crippen molar-refractivity contribution in [1.82, 2.24) is 14.7 Å². The summed E-state index contributed by atoms with van der Waals surface area (Å²) < 4.78 is 12.9. The standard InChI is InChI=1S/C23H21N3O3/c1-25(15-17-14-24-26(16-17)19-8-4-3-5-9-19)22(27)12-11-20-13-18-7-6-10-21(28-2)23(18)29-20/h3-14,16H,15H2,1-2H3. The van der Waals surface area contributed by atoms with E-state index >= 15 is 0 Å². The van der Waals surface area contributed by atoms with Gasteiger partial charge in [0.1, 0.15) is 5.76 Å². The highest BCUT2D eigenvalue weighted by atomic mass is 16.5. The Morgan fingerprint density at radius 1 is 1.21 bits per heavy atom. The number of furan rings is 1. The summed E-state index contributed by atoms with van der Waals surface area (Å²) in [5.74, 6) is 1.15. The van der Waals surface area contributed by atoms with Crippen LogP contribution in [0.1, 0.15) is 11.3 Å². The number of hydrogen-bond donors (Lipinski definition) is 0. The van der Waals surface area contributed by atoms with Crippen LogP contribution >= 0.6 is 0 Å². The second-order valence-electron chi connectivity index (χ2n) is 6.68. The minimum absolute atomic E-state index is 0.120. The highest BCUT2D eigenvalue weighted by Gasteiger charge is 2.10. The molecule has 1 amide bonds. The molecule has 0 saturated heterocycles. The molecule has 0 aliphatic rings. The number of nitrogens with zero attached hydrogens (tertiary/aromatic N) is 3. The Morgan fingerprint density at radius 2 is 2.03 bits per heavy atom. The third-order valence-corrected chi connectivity index (χ3v) is 4.59. The molecule has 29 heavy (non-hydrogen) atoms. The Balaban J connectivity index is 1.43. The fourth-order valence-corrected chi connectivity index (χ4v) is 3.10. The van der Waals surface area contributed by atoms with Gasteiger partial charge in [-0.05, 0) is 30.3 Å². The van der Waals surface area contributed by atoms with Crippen LogP contribution < -0.4 is 4.74 Å². The van der Waals surface area contributed by atoms with Gasteiger partial charge in [0, 0.05) is 36.8 Å². The maximum absolute atomic E-state index is 12.5. The number of carbonyl (C=O) groups is 1. The molecule has 0 atom stereocenters. The number of fused-ring (bicyclic) bond motifs is 1. The first-order valence-electron chi connectivity index (χ1n) is 9.23. The number of rotatable bonds is 6. The Hall–Kier alpha value is -3.80. The molecule has 6 nitrogen and oxygen atoms in total. The van der Waals surface area contributed by atoms with Gasteiger partial charge in [-0.1, -0.05) is 30.3 Å². The summed E-state index contributed by atoms with van der Waals surface area (Å²) >= 11 is 0. The van der Waals surface area contributed by atoms with Crippen molar-refractivity contribution >= 4 is 23.0 Å². The van der Waals surface area contributed by atoms with Crippen LogP contribution in [0.5, 0.6) is 5.75 Å². The third kappa shape index (κ3) is 4.06. The van der Waals surface area contributed by atoms with Crippen molar-refractivity contribution < 1.29 is 13.9 Å². The van der Waals surface area contributed by atoms with Gasteiger partial charge in [0.2, 0.25) is 5.91 Å². The molecule has 2 aromatic heterocycles. The zero-order valence-corrected chi connectivity index (χ0v) is 16.3. The molecule has 6 heteroatoms. The van der Waals surface area contributed by atoms with E-state index in [1.807, 2.05) is 60.8 Å². The molecule has 146 valence electrons. The summed E-state index contributed by atoms with van der Waals surface area (Å²) in [6, 6.07) is 17.4. The van der Waals surface area contributed by atoms with E-state index in [0.717, 1.165) is 16.6 Å². The molecule has 2 heterocycles. The van der Waals surface area contributed by atoms with Gasteiger partial charge in [-0.25, -0.2) is 4.68 Å². The number of ether oxygens (including phenoxy) is 1. The van der Waals surface area contributed by atoms with Gasteiger partial charge in [0.25, 0.3) is 0 Å². The zero-order chi connectivity index (χ0) is 20.2. The van der Waals surface area contributed by atoms with Crippen molar-refractivity contribution in [2.24, 2.45) is 0 Å². The number of aromatic nitrogens is 2. The van der Waals surface area contributed by atoms with Crippen LogP contribution in [0.25, 0.3) is 22.7 Å². The van der Waals surface area contributed by atoms with Gasteiger partial charge in [-0.3, -0.25) is 4.79 Å². The maximum atomic E-state index is 12.5. The number of likely N-dealkylation sites (N-methyl/N-ethyl adjacent to an activating group) is 1. The summed E-state index contributed by atoms with van der Waals surface area (Å²) in [4.78, 5) is 14.1. The maximum Gasteiger partial charge on any atom is 0.246 e. The zero-order valence-electron chi connectivity index (χ0n) is 16.3. The highest BCUT2D eigenvalue weighted by molar-refractivity contribution is 5.92. The number of carbonyl (C=O) groups excluding carboxylic acids is 1. The van der Waals surface area contributed by atoms with Crippen LogP contribution in [0.2, 0.25) is 0 Å². The van der Waals surface area contributed by atoms with Gasteiger partial charge in [0.05, 0.1) is 19.0 Å². The molecule has 0 unspecified atom stereocenters. The van der Waals surface area contributed by atoms with Gasteiger partial charge in [0.15, 0.2) is 11.3 Å². The fraction of sp³-hybridized carbons (Fsp3) is 0.130. The average Bonchev–Trinajstić information content (AvgIpc) is 3.39. The van der Waals surface area contributed by atoms with E-state index in [9.17, 15) is 4.79 Å². The Labute approximate surface area is 168 Å². The molecule has 0 spiro atoms. The molecular formula is C23H21N3O3. The Morgan fingerprint density at radius 3 is 2.83 bits per heavy atom. The molecule has 0 radical (unpaired) electrons. The minimum atomic E-state index is -0.120. The predicted octanol–water partition coefficient (Wildman–Crippen LogP) is 4.30. The smallest absolute Gasteiger partial charge is 0.246 e. The first-order chi connectivity index (χ1) is 14.1. The van der Waals surface area contributed by atoms with Crippen molar-refractivity contribution in [2.75, 3.05) is 14.2 Å². The van der Waals surface area contributed by atoms with E-state index in [-0.39, 0.29) is 5.91 Å². The predicted molar refractivity (Wildman–Crippen MR) is 112 cm³/mol. The molecule has 0 aliphatic heterocycles. The highest BCUT2D eigenvalue weighted by Crippen LogP contribution is 2.28.